The molecule has 5 rings (SSSR count). The number of nitrogens with one attached hydrogen (secondary N) is 3. The van der Waals surface area contributed by atoms with E-state index in [0.29, 0.717) is 45.2 Å². The number of halogens is 1. The van der Waals surface area contributed by atoms with Crippen molar-refractivity contribution in [1.82, 2.24) is 10.3 Å². The van der Waals surface area contributed by atoms with Crippen molar-refractivity contribution in [3.05, 3.63) is 91.9 Å². The molecule has 0 saturated carbocycles. The fourth-order valence-corrected chi connectivity index (χ4v) is 4.15. The third-order valence-corrected chi connectivity index (χ3v) is 5.75. The molecule has 0 fully saturated rings. The number of aromatic nitrogens is 1. The second kappa shape index (κ2) is 7.74. The number of nitrogens with zero attached hydrogens (tertiary/aromatic N) is 1. The molecule has 0 radical (unpaired) electrons. The summed E-state index contributed by atoms with van der Waals surface area (Å²) in [5.74, 6) is -0.887. The molecule has 2 aliphatic heterocycles. The lowest BCUT2D eigenvalue weighted by molar-refractivity contribution is 0.0879. The fraction of sp³-hybridized carbons (Fsp3) is 0.130. The standard InChI is InChI=1S/C23H17ClN4O4/c24-13-3-1-2-11(6-13)19(29)10-26-16-4-5-25-23(32)20(16)18-8-12-7-14-15(9-17(12)27-18)22(31)28-21(14)30/h1-7,9,19,29H,8,10H2,(H2,25,26,32)(H,28,30,31)/t19-/m1/s1. The number of carbonyl (C=O) groups excluding carboxylic acids is 2. The molecule has 8 nitrogen and oxygen atoms in total. The van der Waals surface area contributed by atoms with E-state index in [1.807, 2.05) is 0 Å². The van der Waals surface area contributed by atoms with E-state index >= 15 is 0 Å². The van der Waals surface area contributed by atoms with Crippen LogP contribution in [0, 0.1) is 0 Å². The number of aliphatic imine (C=N–C) groups is 1. The van der Waals surface area contributed by atoms with Crippen LogP contribution >= 0.6 is 11.6 Å². The van der Waals surface area contributed by atoms with Crippen LogP contribution in [0.3, 0.4) is 0 Å². The maximum absolute atomic E-state index is 12.7. The van der Waals surface area contributed by atoms with Crippen LogP contribution in [0.15, 0.2) is 58.4 Å². The molecule has 0 bridgehead atoms. The molecular formula is C23H17ClN4O4. The summed E-state index contributed by atoms with van der Waals surface area (Å²) < 4.78 is 0. The van der Waals surface area contributed by atoms with Crippen LogP contribution in [0.1, 0.15) is 43.5 Å². The number of aliphatic hydroxyl groups excluding tert-OH is 1. The van der Waals surface area contributed by atoms with Gasteiger partial charge in [-0.15, -0.1) is 0 Å². The van der Waals surface area contributed by atoms with Gasteiger partial charge in [0.1, 0.15) is 0 Å². The number of anilines is 1. The third-order valence-electron chi connectivity index (χ3n) is 5.52. The van der Waals surface area contributed by atoms with Crippen LogP contribution in [-0.2, 0) is 6.42 Å². The Balaban J connectivity index is 1.43. The number of benzene rings is 2. The number of hydrogen-bond donors (Lipinski definition) is 4. The van der Waals surface area contributed by atoms with Gasteiger partial charge in [0.15, 0.2) is 0 Å². The van der Waals surface area contributed by atoms with Crippen LogP contribution in [0.4, 0.5) is 11.4 Å². The molecule has 1 aromatic heterocycles. The van der Waals surface area contributed by atoms with Crippen molar-refractivity contribution in [3.8, 4) is 0 Å². The SMILES string of the molecule is O=C1NC(=O)c2cc3c(cc21)CC(c1c(NC[C@@H](O)c2cccc(Cl)c2)cc[nH]c1=O)=N3. The lowest BCUT2D eigenvalue weighted by Gasteiger charge is -2.15. The second-order valence-corrected chi connectivity index (χ2v) is 8.03. The molecule has 160 valence electrons. The van der Waals surface area contributed by atoms with Gasteiger partial charge in [-0.1, -0.05) is 23.7 Å². The van der Waals surface area contributed by atoms with E-state index in [1.165, 1.54) is 6.20 Å². The van der Waals surface area contributed by atoms with E-state index in [1.54, 1.807) is 42.5 Å². The lowest BCUT2D eigenvalue weighted by Crippen LogP contribution is -2.22. The number of fused-ring (bicyclic) bond motifs is 2. The van der Waals surface area contributed by atoms with E-state index < -0.39 is 17.9 Å². The third kappa shape index (κ3) is 3.49. The van der Waals surface area contributed by atoms with Crippen molar-refractivity contribution in [2.45, 2.75) is 12.5 Å². The highest BCUT2D eigenvalue weighted by Gasteiger charge is 2.31. The first-order valence-electron chi connectivity index (χ1n) is 9.90. The highest BCUT2D eigenvalue weighted by molar-refractivity contribution is 6.30. The molecule has 2 aliphatic rings. The quantitative estimate of drug-likeness (QED) is 0.447. The van der Waals surface area contributed by atoms with E-state index in [2.05, 4.69) is 20.6 Å². The average Bonchev–Trinajstić information content (AvgIpc) is 3.30. The fourth-order valence-electron chi connectivity index (χ4n) is 3.95. The minimum Gasteiger partial charge on any atom is -0.387 e. The average molecular weight is 449 g/mol. The normalized spacial score (nSPS) is 15.1. The Labute approximate surface area is 187 Å². The number of amides is 2. The number of imide groups is 1. The minimum absolute atomic E-state index is 0.153. The van der Waals surface area contributed by atoms with Gasteiger partial charge in [0.25, 0.3) is 17.4 Å². The Morgan fingerprint density at radius 3 is 2.66 bits per heavy atom. The summed E-state index contributed by atoms with van der Waals surface area (Å²) in [5, 5.41) is 16.4. The summed E-state index contributed by atoms with van der Waals surface area (Å²) in [4.78, 5) is 43.8. The Morgan fingerprint density at radius 1 is 1.09 bits per heavy atom. The Morgan fingerprint density at radius 2 is 1.88 bits per heavy atom. The number of aliphatic hydroxyl groups is 1. The van der Waals surface area contributed by atoms with Crippen LogP contribution in [-0.4, -0.2) is 34.2 Å². The van der Waals surface area contributed by atoms with Gasteiger partial charge in [0.05, 0.1) is 39.9 Å². The Kier molecular flexibility index (Phi) is 4.88. The lowest BCUT2D eigenvalue weighted by atomic mass is 10.00. The number of carbonyl (C=O) groups is 2. The molecule has 0 saturated heterocycles. The first-order chi connectivity index (χ1) is 15.4. The molecule has 1 atom stereocenters. The van der Waals surface area contributed by atoms with Gasteiger partial charge in [0, 0.05) is 24.2 Å². The van der Waals surface area contributed by atoms with Crippen molar-refractivity contribution in [3.63, 3.8) is 0 Å². The summed E-state index contributed by atoms with van der Waals surface area (Å²) in [6.07, 6.45) is 1.01. The van der Waals surface area contributed by atoms with Crippen LogP contribution in [0.25, 0.3) is 0 Å². The monoisotopic (exact) mass is 448 g/mol. The molecule has 3 aromatic rings. The zero-order chi connectivity index (χ0) is 22.4. The molecule has 32 heavy (non-hydrogen) atoms. The van der Waals surface area contributed by atoms with Gasteiger partial charge in [-0.3, -0.25) is 24.7 Å². The zero-order valence-corrected chi connectivity index (χ0v) is 17.4. The van der Waals surface area contributed by atoms with Crippen molar-refractivity contribution >= 4 is 40.5 Å². The number of pyridine rings is 1. The number of H-pyrrole nitrogens is 1. The number of aromatic amines is 1. The predicted molar refractivity (Wildman–Crippen MR) is 120 cm³/mol. The largest absolute Gasteiger partial charge is 0.387 e. The molecule has 2 aromatic carbocycles. The van der Waals surface area contributed by atoms with Crippen molar-refractivity contribution < 1.29 is 14.7 Å². The number of rotatable bonds is 5. The van der Waals surface area contributed by atoms with E-state index in [4.69, 9.17) is 11.6 Å². The van der Waals surface area contributed by atoms with Gasteiger partial charge in [-0.2, -0.15) is 0 Å². The minimum atomic E-state index is -0.837. The van der Waals surface area contributed by atoms with Crippen LogP contribution in [0.2, 0.25) is 5.02 Å². The predicted octanol–water partition coefficient (Wildman–Crippen LogP) is 2.73. The summed E-state index contributed by atoms with van der Waals surface area (Å²) in [5.41, 5.74) is 3.60. The van der Waals surface area contributed by atoms with Crippen molar-refractivity contribution in [1.29, 1.82) is 0 Å². The molecule has 2 amide bonds. The summed E-state index contributed by atoms with van der Waals surface area (Å²) in [7, 11) is 0. The summed E-state index contributed by atoms with van der Waals surface area (Å²) in [6.45, 7) is 0.153. The van der Waals surface area contributed by atoms with Gasteiger partial charge >= 0.3 is 0 Å². The number of hydrogen-bond acceptors (Lipinski definition) is 6. The van der Waals surface area contributed by atoms with Gasteiger partial charge in [0.2, 0.25) is 0 Å². The Hall–Kier alpha value is -3.75. The first kappa shape index (κ1) is 20.2. The summed E-state index contributed by atoms with van der Waals surface area (Å²) in [6, 6.07) is 11.9. The van der Waals surface area contributed by atoms with Crippen molar-refractivity contribution in [2.75, 3.05) is 11.9 Å². The van der Waals surface area contributed by atoms with Gasteiger partial charge < -0.3 is 15.4 Å². The van der Waals surface area contributed by atoms with Gasteiger partial charge in [-0.05, 0) is 41.5 Å². The van der Waals surface area contributed by atoms with E-state index in [-0.39, 0.29) is 17.7 Å². The highest BCUT2D eigenvalue weighted by atomic mass is 35.5. The van der Waals surface area contributed by atoms with Gasteiger partial charge in [-0.25, -0.2) is 0 Å². The molecule has 0 unspecified atom stereocenters. The van der Waals surface area contributed by atoms with E-state index in [9.17, 15) is 19.5 Å². The maximum Gasteiger partial charge on any atom is 0.259 e. The molecule has 0 aliphatic carbocycles. The summed E-state index contributed by atoms with van der Waals surface area (Å²) >= 11 is 6.00. The first-order valence-corrected chi connectivity index (χ1v) is 10.3. The topological polar surface area (TPSA) is 124 Å². The molecular weight excluding hydrogens is 432 g/mol. The van der Waals surface area contributed by atoms with Crippen LogP contribution < -0.4 is 16.2 Å². The molecule has 3 heterocycles. The molecule has 4 N–H and O–H groups in total. The van der Waals surface area contributed by atoms with Crippen LogP contribution in [0.5, 0.6) is 0 Å². The molecule has 9 heteroatoms. The second-order valence-electron chi connectivity index (χ2n) is 7.59. The smallest absolute Gasteiger partial charge is 0.259 e. The highest BCUT2D eigenvalue weighted by Crippen LogP contribution is 2.34. The molecule has 0 spiro atoms. The maximum atomic E-state index is 12.7. The van der Waals surface area contributed by atoms with E-state index in [0.717, 1.165) is 5.56 Å². The zero-order valence-electron chi connectivity index (χ0n) is 16.6. The Bertz CT molecular complexity index is 1380. The van der Waals surface area contributed by atoms with Crippen molar-refractivity contribution in [2.24, 2.45) is 4.99 Å².